The van der Waals surface area contributed by atoms with Crippen LogP contribution in [0.15, 0.2) is 28.2 Å². The van der Waals surface area contributed by atoms with Gasteiger partial charge in [0.2, 0.25) is 0 Å². The van der Waals surface area contributed by atoms with Gasteiger partial charge in [0, 0.05) is 12.0 Å². The maximum atomic E-state index is 12.4. The number of aromatic nitrogens is 5. The Balaban J connectivity index is 1.42. The summed E-state index contributed by atoms with van der Waals surface area (Å²) in [5.41, 5.74) is 0.623. The summed E-state index contributed by atoms with van der Waals surface area (Å²) >= 11 is 1.53. The number of hydrogen-bond donors (Lipinski definition) is 1. The van der Waals surface area contributed by atoms with Crippen molar-refractivity contribution in [2.75, 3.05) is 7.11 Å². The molecule has 5 rings (SSSR count). The smallest absolute Gasteiger partial charge is 0.337 e. The largest absolute Gasteiger partial charge is 0.465 e. The van der Waals surface area contributed by atoms with Gasteiger partial charge in [-0.1, -0.05) is 11.8 Å². The van der Waals surface area contributed by atoms with Crippen LogP contribution in [0.3, 0.4) is 0 Å². The van der Waals surface area contributed by atoms with Gasteiger partial charge in [0.05, 0.1) is 29.3 Å². The molecular weight excluding hydrogens is 378 g/mol. The van der Waals surface area contributed by atoms with Crippen LogP contribution in [0.2, 0.25) is 0 Å². The molecule has 0 spiro atoms. The number of carbonyl (C=O) groups excluding carboxylic acids is 1. The Hall–Kier alpha value is -2.68. The third-order valence-electron chi connectivity index (χ3n) is 5.06. The van der Waals surface area contributed by atoms with Crippen molar-refractivity contribution in [3.05, 3.63) is 45.8 Å². The van der Waals surface area contributed by atoms with Gasteiger partial charge >= 0.3 is 5.97 Å². The number of methoxy groups -OCH3 is 1. The minimum Gasteiger partial charge on any atom is -0.465 e. The molecule has 0 bridgehead atoms. The van der Waals surface area contributed by atoms with E-state index < -0.39 is 5.97 Å². The van der Waals surface area contributed by atoms with Crippen LogP contribution in [-0.4, -0.2) is 37.8 Å². The zero-order valence-electron chi connectivity index (χ0n) is 15.3. The summed E-state index contributed by atoms with van der Waals surface area (Å²) in [4.78, 5) is 31.5. The van der Waals surface area contributed by atoms with E-state index in [1.165, 1.54) is 44.6 Å². The second-order valence-corrected chi connectivity index (χ2v) is 8.18. The van der Waals surface area contributed by atoms with E-state index in [1.807, 2.05) is 0 Å². The number of H-pyrrole nitrogens is 1. The molecule has 28 heavy (non-hydrogen) atoms. The zero-order chi connectivity index (χ0) is 19.3. The highest BCUT2D eigenvalue weighted by atomic mass is 32.2. The number of esters is 1. The Labute approximate surface area is 164 Å². The first-order valence-corrected chi connectivity index (χ1v) is 10.3. The average Bonchev–Trinajstić information content (AvgIpc) is 3.64. The lowest BCUT2D eigenvalue weighted by Gasteiger charge is -2.08. The minimum absolute atomic E-state index is 0.223. The molecule has 9 heteroatoms. The van der Waals surface area contributed by atoms with Crippen molar-refractivity contribution in [3.8, 4) is 0 Å². The van der Waals surface area contributed by atoms with Gasteiger partial charge < -0.3 is 14.3 Å². The number of ether oxygens (including phenoxy) is 1. The predicted molar refractivity (Wildman–Crippen MR) is 104 cm³/mol. The number of thioether (sulfide) groups is 1. The van der Waals surface area contributed by atoms with Crippen LogP contribution in [-0.2, 0) is 10.5 Å². The van der Waals surface area contributed by atoms with Crippen LogP contribution in [0.4, 0.5) is 0 Å². The molecule has 2 fully saturated rings. The maximum Gasteiger partial charge on any atom is 0.337 e. The first-order chi connectivity index (χ1) is 13.6. The summed E-state index contributed by atoms with van der Waals surface area (Å²) in [7, 11) is 1.33. The molecule has 0 radical (unpaired) electrons. The number of nitrogens with zero attached hydrogens (tertiary/aromatic N) is 4. The molecule has 2 heterocycles. The van der Waals surface area contributed by atoms with Crippen molar-refractivity contribution >= 4 is 28.6 Å². The van der Waals surface area contributed by atoms with Gasteiger partial charge in [-0.15, -0.1) is 10.2 Å². The summed E-state index contributed by atoms with van der Waals surface area (Å²) < 4.78 is 7.02. The van der Waals surface area contributed by atoms with Crippen molar-refractivity contribution in [1.29, 1.82) is 0 Å². The van der Waals surface area contributed by atoms with Crippen LogP contribution in [0.1, 0.15) is 59.6 Å². The molecule has 1 N–H and O–H groups in total. The number of nitrogens with one attached hydrogen (secondary N) is 1. The highest BCUT2D eigenvalue weighted by Gasteiger charge is 2.36. The van der Waals surface area contributed by atoms with Crippen molar-refractivity contribution in [3.63, 3.8) is 0 Å². The Morgan fingerprint density at radius 1 is 1.29 bits per heavy atom. The zero-order valence-corrected chi connectivity index (χ0v) is 16.2. The molecule has 2 aliphatic carbocycles. The Kier molecular flexibility index (Phi) is 4.19. The first kappa shape index (κ1) is 17.4. The molecule has 0 unspecified atom stereocenters. The predicted octanol–water partition coefficient (Wildman–Crippen LogP) is 2.81. The summed E-state index contributed by atoms with van der Waals surface area (Å²) in [6.45, 7) is 0. The monoisotopic (exact) mass is 397 g/mol. The highest BCUT2D eigenvalue weighted by molar-refractivity contribution is 7.98. The molecule has 2 aromatic heterocycles. The van der Waals surface area contributed by atoms with E-state index >= 15 is 0 Å². The Bertz CT molecular complexity index is 1130. The number of fused-ring (bicyclic) bond motifs is 1. The van der Waals surface area contributed by atoms with Gasteiger partial charge in [-0.3, -0.25) is 4.79 Å². The number of aromatic amines is 1. The quantitative estimate of drug-likeness (QED) is 0.504. The normalized spacial score (nSPS) is 16.5. The first-order valence-electron chi connectivity index (χ1n) is 9.33. The third kappa shape index (κ3) is 3.19. The molecule has 0 amide bonds. The summed E-state index contributed by atoms with van der Waals surface area (Å²) in [5, 5.41) is 10.1. The van der Waals surface area contributed by atoms with Crippen LogP contribution in [0, 0.1) is 0 Å². The van der Waals surface area contributed by atoms with E-state index in [4.69, 9.17) is 4.74 Å². The van der Waals surface area contributed by atoms with E-state index in [9.17, 15) is 9.59 Å². The lowest BCUT2D eigenvalue weighted by molar-refractivity contribution is 0.0601. The molecule has 3 aromatic rings. The molecule has 1 aromatic carbocycles. The van der Waals surface area contributed by atoms with Crippen LogP contribution < -0.4 is 5.56 Å². The number of rotatable bonds is 6. The standard InChI is InChI=1S/C19H19N5O3S/c1-27-18(26)11-4-7-13-14(8-11)20-15(21-17(13)25)9-28-19-23-22-16(10-2-3-10)24(19)12-5-6-12/h4,7-8,10,12H,2-3,5-6,9H2,1H3,(H,20,21,25). The second kappa shape index (κ2) is 6.73. The molecule has 144 valence electrons. The Morgan fingerprint density at radius 2 is 2.11 bits per heavy atom. The summed E-state index contributed by atoms with van der Waals surface area (Å²) in [5.74, 6) is 2.22. The molecule has 0 aliphatic heterocycles. The van der Waals surface area contributed by atoms with E-state index in [0.717, 1.165) is 11.0 Å². The van der Waals surface area contributed by atoms with Gasteiger partial charge in [0.25, 0.3) is 5.56 Å². The Morgan fingerprint density at radius 3 is 2.82 bits per heavy atom. The third-order valence-corrected chi connectivity index (χ3v) is 6.01. The molecule has 2 saturated carbocycles. The van der Waals surface area contributed by atoms with Gasteiger partial charge in [-0.25, -0.2) is 9.78 Å². The summed E-state index contributed by atoms with van der Waals surface area (Å²) in [6.07, 6.45) is 4.73. The number of carbonyl (C=O) groups is 1. The topological polar surface area (TPSA) is 103 Å². The molecule has 8 nitrogen and oxygen atoms in total. The van der Waals surface area contributed by atoms with Gasteiger partial charge in [-0.2, -0.15) is 0 Å². The second-order valence-electron chi connectivity index (χ2n) is 7.24. The lowest BCUT2D eigenvalue weighted by Crippen LogP contribution is -2.12. The fourth-order valence-corrected chi connectivity index (χ4v) is 4.20. The number of benzene rings is 1. The van der Waals surface area contributed by atoms with E-state index in [-0.39, 0.29) is 5.56 Å². The van der Waals surface area contributed by atoms with Crippen LogP contribution in [0.25, 0.3) is 10.9 Å². The van der Waals surface area contributed by atoms with Crippen molar-refractivity contribution in [1.82, 2.24) is 24.7 Å². The molecular formula is C19H19N5O3S. The molecule has 2 aliphatic rings. The van der Waals surface area contributed by atoms with E-state index in [2.05, 4.69) is 24.7 Å². The molecule has 0 saturated heterocycles. The van der Waals surface area contributed by atoms with Crippen molar-refractivity contribution < 1.29 is 9.53 Å². The lowest BCUT2D eigenvalue weighted by atomic mass is 10.1. The van der Waals surface area contributed by atoms with Crippen LogP contribution in [0.5, 0.6) is 0 Å². The molecule has 0 atom stereocenters. The maximum absolute atomic E-state index is 12.4. The van der Waals surface area contributed by atoms with Gasteiger partial charge in [-0.05, 0) is 43.9 Å². The van der Waals surface area contributed by atoms with E-state index in [0.29, 0.717) is 40.0 Å². The summed E-state index contributed by atoms with van der Waals surface area (Å²) in [6, 6.07) is 5.26. The van der Waals surface area contributed by atoms with Gasteiger partial charge in [0.1, 0.15) is 11.6 Å². The minimum atomic E-state index is -0.454. The average molecular weight is 397 g/mol. The SMILES string of the molecule is COC(=O)c1ccc2c(=O)[nH]c(CSc3nnc(C4CC4)n3C3CC3)nc2c1. The number of hydrogen-bond acceptors (Lipinski definition) is 7. The van der Waals surface area contributed by atoms with E-state index in [1.54, 1.807) is 18.2 Å². The fourth-order valence-electron chi connectivity index (χ4n) is 3.32. The van der Waals surface area contributed by atoms with Crippen molar-refractivity contribution in [2.24, 2.45) is 0 Å². The van der Waals surface area contributed by atoms with Crippen LogP contribution >= 0.6 is 11.8 Å². The fraction of sp³-hybridized carbons (Fsp3) is 0.421. The van der Waals surface area contributed by atoms with Crippen molar-refractivity contribution in [2.45, 2.75) is 48.6 Å². The van der Waals surface area contributed by atoms with Gasteiger partial charge in [0.15, 0.2) is 5.16 Å². The highest BCUT2D eigenvalue weighted by Crippen LogP contribution is 2.46.